The predicted octanol–water partition coefficient (Wildman–Crippen LogP) is 3.69. The van der Waals surface area contributed by atoms with Crippen LogP contribution in [0.15, 0.2) is 18.2 Å². The zero-order valence-corrected chi connectivity index (χ0v) is 12.5. The summed E-state index contributed by atoms with van der Waals surface area (Å²) in [5.74, 6) is -0.752. The van der Waals surface area contributed by atoms with E-state index in [0.29, 0.717) is 24.0 Å². The third kappa shape index (κ3) is 5.51. The first-order valence-electron chi connectivity index (χ1n) is 6.70. The first-order valence-corrected chi connectivity index (χ1v) is 6.70. The quantitative estimate of drug-likeness (QED) is 0.610. The second kappa shape index (κ2) is 6.64. The predicted molar refractivity (Wildman–Crippen MR) is 75.2 cm³/mol. The van der Waals surface area contributed by atoms with E-state index in [1.165, 1.54) is 25.1 Å². The molecule has 0 bridgehead atoms. The maximum absolute atomic E-state index is 13.2. The van der Waals surface area contributed by atoms with Gasteiger partial charge in [-0.05, 0) is 64.3 Å². The molecule has 0 radical (unpaired) electrons. The molecule has 1 rings (SSSR count). The van der Waals surface area contributed by atoms with E-state index < -0.39 is 5.60 Å². The summed E-state index contributed by atoms with van der Waals surface area (Å²) >= 11 is 0. The normalized spacial score (nSPS) is 11.2. The molecule has 110 valence electrons. The Balaban J connectivity index is 2.60. The monoisotopic (exact) mass is 280 g/mol. The van der Waals surface area contributed by atoms with E-state index in [4.69, 9.17) is 4.74 Å². The van der Waals surface area contributed by atoms with Crippen LogP contribution in [0.4, 0.5) is 4.39 Å². The van der Waals surface area contributed by atoms with Gasteiger partial charge in [0.1, 0.15) is 11.4 Å². The molecule has 0 aliphatic carbocycles. The van der Waals surface area contributed by atoms with Crippen LogP contribution >= 0.6 is 0 Å². The van der Waals surface area contributed by atoms with Crippen molar-refractivity contribution in [3.05, 3.63) is 35.1 Å². The van der Waals surface area contributed by atoms with Crippen molar-refractivity contribution in [2.75, 3.05) is 0 Å². The van der Waals surface area contributed by atoms with Crippen LogP contribution < -0.4 is 0 Å². The Morgan fingerprint density at radius 1 is 1.25 bits per heavy atom. The lowest BCUT2D eigenvalue weighted by Gasteiger charge is -2.19. The summed E-state index contributed by atoms with van der Waals surface area (Å²) in [4.78, 5) is 23.0. The van der Waals surface area contributed by atoms with Gasteiger partial charge in [0, 0.05) is 12.0 Å². The molecule has 0 spiro atoms. The largest absolute Gasteiger partial charge is 0.460 e. The highest BCUT2D eigenvalue weighted by molar-refractivity contribution is 5.95. The number of hydrogen-bond donors (Lipinski definition) is 0. The molecule has 0 fully saturated rings. The van der Waals surface area contributed by atoms with Gasteiger partial charge in [0.05, 0.1) is 0 Å². The number of carbonyl (C=O) groups is 2. The minimum absolute atomic E-state index is 0.0998. The van der Waals surface area contributed by atoms with Crippen LogP contribution in [-0.4, -0.2) is 17.4 Å². The van der Waals surface area contributed by atoms with Gasteiger partial charge in [-0.2, -0.15) is 0 Å². The molecule has 0 saturated carbocycles. The second-order valence-electron chi connectivity index (χ2n) is 5.80. The summed E-state index contributed by atoms with van der Waals surface area (Å²) in [7, 11) is 0. The third-order valence-electron chi connectivity index (χ3n) is 2.69. The summed E-state index contributed by atoms with van der Waals surface area (Å²) in [6.07, 6.45) is 1.26. The molecule has 0 N–H and O–H groups in total. The molecule has 0 aromatic heterocycles. The highest BCUT2D eigenvalue weighted by Gasteiger charge is 2.16. The molecule has 0 unspecified atom stereocenters. The van der Waals surface area contributed by atoms with Crippen LogP contribution in [-0.2, 0) is 16.0 Å². The second-order valence-corrected chi connectivity index (χ2v) is 5.80. The number of aryl methyl sites for hydroxylation is 1. The molecular formula is C16H21FO3. The molecule has 0 atom stereocenters. The number of benzene rings is 1. The van der Waals surface area contributed by atoms with Gasteiger partial charge in [-0.1, -0.05) is 0 Å². The molecule has 4 heteroatoms. The van der Waals surface area contributed by atoms with Crippen molar-refractivity contribution < 1.29 is 18.7 Å². The average Bonchev–Trinajstić information content (AvgIpc) is 2.26. The molecular weight excluding hydrogens is 259 g/mol. The minimum Gasteiger partial charge on any atom is -0.460 e. The smallest absolute Gasteiger partial charge is 0.306 e. The Labute approximate surface area is 119 Å². The van der Waals surface area contributed by atoms with Crippen LogP contribution in [0.1, 0.15) is 56.5 Å². The number of halogens is 1. The standard InChI is InChI=1S/C16H21FO3/c1-11(18)14-9-8-13(17)10-12(14)6-5-7-15(19)20-16(2,3)4/h8-10H,5-7H2,1-4H3. The summed E-state index contributed by atoms with van der Waals surface area (Å²) in [5, 5.41) is 0. The number of ketones is 1. The maximum atomic E-state index is 13.2. The fourth-order valence-electron chi connectivity index (χ4n) is 1.93. The van der Waals surface area contributed by atoms with E-state index in [0.717, 1.165) is 0 Å². The van der Waals surface area contributed by atoms with Gasteiger partial charge >= 0.3 is 5.97 Å². The molecule has 0 heterocycles. The summed E-state index contributed by atoms with van der Waals surface area (Å²) in [6, 6.07) is 4.11. The van der Waals surface area contributed by atoms with Crippen molar-refractivity contribution in [2.45, 2.75) is 52.6 Å². The summed E-state index contributed by atoms with van der Waals surface area (Å²) in [5.41, 5.74) is 0.650. The Bertz CT molecular complexity index is 501. The lowest BCUT2D eigenvalue weighted by molar-refractivity contribution is -0.154. The number of hydrogen-bond acceptors (Lipinski definition) is 3. The van der Waals surface area contributed by atoms with Crippen molar-refractivity contribution in [3.8, 4) is 0 Å². The van der Waals surface area contributed by atoms with Crippen LogP contribution in [0.2, 0.25) is 0 Å². The minimum atomic E-state index is -0.500. The molecule has 0 aliphatic heterocycles. The number of Topliss-reactive ketones (excluding diaryl/α,β-unsaturated/α-hetero) is 1. The van der Waals surface area contributed by atoms with Crippen molar-refractivity contribution in [3.63, 3.8) is 0 Å². The maximum Gasteiger partial charge on any atom is 0.306 e. The van der Waals surface area contributed by atoms with Gasteiger partial charge < -0.3 is 4.74 Å². The Kier molecular flexibility index (Phi) is 5.43. The van der Waals surface area contributed by atoms with Gasteiger partial charge in [-0.15, -0.1) is 0 Å². The van der Waals surface area contributed by atoms with E-state index in [-0.39, 0.29) is 24.0 Å². The molecule has 0 saturated heterocycles. The molecule has 0 aliphatic rings. The van der Waals surface area contributed by atoms with Gasteiger partial charge in [-0.25, -0.2) is 4.39 Å². The van der Waals surface area contributed by atoms with Crippen LogP contribution in [0.5, 0.6) is 0 Å². The first-order chi connectivity index (χ1) is 9.19. The highest BCUT2D eigenvalue weighted by Crippen LogP contribution is 2.16. The Hall–Kier alpha value is -1.71. The first kappa shape index (κ1) is 16.3. The molecule has 3 nitrogen and oxygen atoms in total. The van der Waals surface area contributed by atoms with Crippen LogP contribution in [0.3, 0.4) is 0 Å². The van der Waals surface area contributed by atoms with Crippen LogP contribution in [0.25, 0.3) is 0 Å². The Morgan fingerprint density at radius 2 is 1.90 bits per heavy atom. The van der Waals surface area contributed by atoms with E-state index in [2.05, 4.69) is 0 Å². The van der Waals surface area contributed by atoms with Gasteiger partial charge in [-0.3, -0.25) is 9.59 Å². The fraction of sp³-hybridized carbons (Fsp3) is 0.500. The third-order valence-corrected chi connectivity index (χ3v) is 2.69. The van der Waals surface area contributed by atoms with Crippen molar-refractivity contribution in [2.24, 2.45) is 0 Å². The highest BCUT2D eigenvalue weighted by atomic mass is 19.1. The van der Waals surface area contributed by atoms with Gasteiger partial charge in [0.25, 0.3) is 0 Å². The molecule has 1 aromatic rings. The number of ether oxygens (including phenoxy) is 1. The summed E-state index contributed by atoms with van der Waals surface area (Å²) < 4.78 is 18.4. The topological polar surface area (TPSA) is 43.4 Å². The molecule has 1 aromatic carbocycles. The van der Waals surface area contributed by atoms with Crippen molar-refractivity contribution in [1.82, 2.24) is 0 Å². The van der Waals surface area contributed by atoms with Gasteiger partial charge in [0.15, 0.2) is 5.78 Å². The van der Waals surface area contributed by atoms with Crippen molar-refractivity contribution >= 4 is 11.8 Å². The van der Waals surface area contributed by atoms with Gasteiger partial charge in [0.2, 0.25) is 0 Å². The zero-order chi connectivity index (χ0) is 15.3. The number of esters is 1. The number of rotatable bonds is 5. The zero-order valence-electron chi connectivity index (χ0n) is 12.5. The van der Waals surface area contributed by atoms with Crippen molar-refractivity contribution in [1.29, 1.82) is 0 Å². The molecule has 20 heavy (non-hydrogen) atoms. The van der Waals surface area contributed by atoms with E-state index in [1.807, 2.05) is 20.8 Å². The molecule has 0 amide bonds. The SMILES string of the molecule is CC(=O)c1ccc(F)cc1CCCC(=O)OC(C)(C)C. The van der Waals surface area contributed by atoms with E-state index in [1.54, 1.807) is 0 Å². The fourth-order valence-corrected chi connectivity index (χ4v) is 1.93. The van der Waals surface area contributed by atoms with Crippen LogP contribution in [0, 0.1) is 5.82 Å². The van der Waals surface area contributed by atoms with E-state index >= 15 is 0 Å². The lowest BCUT2D eigenvalue weighted by Crippen LogP contribution is -2.23. The lowest BCUT2D eigenvalue weighted by atomic mass is 9.99. The van der Waals surface area contributed by atoms with E-state index in [9.17, 15) is 14.0 Å². The summed E-state index contributed by atoms with van der Waals surface area (Å²) in [6.45, 7) is 6.88. The Morgan fingerprint density at radius 3 is 2.45 bits per heavy atom. The average molecular weight is 280 g/mol. The number of carbonyl (C=O) groups excluding carboxylic acids is 2.